The predicted molar refractivity (Wildman–Crippen MR) is 51.7 cm³/mol. The molecule has 0 saturated heterocycles. The predicted octanol–water partition coefficient (Wildman–Crippen LogP) is -0.977. The zero-order valence-corrected chi connectivity index (χ0v) is 7.16. The van der Waals surface area contributed by atoms with Crippen LogP contribution in [0.15, 0.2) is 16.7 Å². The first-order valence-corrected chi connectivity index (χ1v) is 3.94. The number of aromatic nitrogens is 2. The topological polar surface area (TPSA) is 116 Å². The highest BCUT2D eigenvalue weighted by atomic mass is 16.3. The van der Waals surface area contributed by atoms with Crippen molar-refractivity contribution in [2.45, 2.75) is 0 Å². The summed E-state index contributed by atoms with van der Waals surface area (Å²) >= 11 is 0. The van der Waals surface area contributed by atoms with Crippen molar-refractivity contribution in [3.63, 3.8) is 0 Å². The fraction of sp³-hybridized carbons (Fsp3) is 0.143. The number of H-pyrrole nitrogens is 1. The Balaban J connectivity index is 2.48. The molecule has 14 heavy (non-hydrogen) atoms. The summed E-state index contributed by atoms with van der Waals surface area (Å²) in [6, 6.07) is 0. The molecule has 0 spiro atoms. The van der Waals surface area contributed by atoms with Gasteiger partial charge in [-0.2, -0.15) is 4.98 Å². The van der Waals surface area contributed by atoms with E-state index in [0.717, 1.165) is 0 Å². The summed E-state index contributed by atoms with van der Waals surface area (Å²) in [7, 11) is 0. The van der Waals surface area contributed by atoms with Gasteiger partial charge >= 0.3 is 0 Å². The molecule has 0 unspecified atom stereocenters. The van der Waals surface area contributed by atoms with Gasteiger partial charge in [0, 0.05) is 6.20 Å². The minimum Gasteiger partial charge on any atom is -0.390 e. The quantitative estimate of drug-likeness (QED) is 0.393. The largest absolute Gasteiger partial charge is 0.390 e. The number of fused-ring (bicyclic) bond motifs is 1. The molecule has 0 bridgehead atoms. The summed E-state index contributed by atoms with van der Waals surface area (Å²) in [6.45, 7) is -0.184. The van der Waals surface area contributed by atoms with Gasteiger partial charge in [-0.1, -0.05) is 0 Å². The molecule has 2 heterocycles. The van der Waals surface area contributed by atoms with Gasteiger partial charge in [-0.3, -0.25) is 9.78 Å². The lowest BCUT2D eigenvalue weighted by Gasteiger charge is -2.17. The second-order valence-electron chi connectivity index (χ2n) is 2.77. The molecule has 0 atom stereocenters. The van der Waals surface area contributed by atoms with Gasteiger partial charge in [-0.25, -0.2) is 0 Å². The van der Waals surface area contributed by atoms with E-state index in [2.05, 4.69) is 20.6 Å². The Morgan fingerprint density at radius 1 is 1.57 bits per heavy atom. The molecule has 2 rings (SSSR count). The average molecular weight is 195 g/mol. The summed E-state index contributed by atoms with van der Waals surface area (Å²) in [5.41, 5.74) is 5.72. The molecule has 1 aromatic rings. The van der Waals surface area contributed by atoms with Crippen molar-refractivity contribution in [1.29, 1.82) is 0 Å². The van der Waals surface area contributed by atoms with Gasteiger partial charge in [0.1, 0.15) is 5.69 Å². The van der Waals surface area contributed by atoms with Gasteiger partial charge in [-0.15, -0.1) is 0 Å². The first kappa shape index (κ1) is 8.57. The molecule has 6 N–H and O–H groups in total. The van der Waals surface area contributed by atoms with Crippen LogP contribution in [0.1, 0.15) is 0 Å². The molecule has 0 radical (unpaired) electrons. The molecule has 0 amide bonds. The van der Waals surface area contributed by atoms with Gasteiger partial charge in [-0.05, 0) is 0 Å². The van der Waals surface area contributed by atoms with Crippen molar-refractivity contribution in [1.82, 2.24) is 9.97 Å². The number of nitrogens with two attached hydrogens (primary N) is 1. The Labute approximate surface area is 78.7 Å². The molecule has 7 heteroatoms. The van der Waals surface area contributed by atoms with Gasteiger partial charge < -0.3 is 21.5 Å². The lowest BCUT2D eigenvalue weighted by Crippen LogP contribution is -2.23. The van der Waals surface area contributed by atoms with Crippen LogP contribution < -0.4 is 21.9 Å². The van der Waals surface area contributed by atoms with Gasteiger partial charge in [0.15, 0.2) is 5.82 Å². The number of rotatable bonds is 1. The Kier molecular flexibility index (Phi) is 1.86. The smallest absolute Gasteiger partial charge is 0.278 e. The summed E-state index contributed by atoms with van der Waals surface area (Å²) < 4.78 is 0. The van der Waals surface area contributed by atoms with Gasteiger partial charge in [0.2, 0.25) is 5.95 Å². The van der Waals surface area contributed by atoms with Crippen molar-refractivity contribution < 1.29 is 5.11 Å². The number of nitrogens with one attached hydrogen (secondary N) is 3. The van der Waals surface area contributed by atoms with Crippen molar-refractivity contribution in [2.75, 3.05) is 23.0 Å². The number of nitrogens with zero attached hydrogens (tertiary/aromatic N) is 1. The van der Waals surface area contributed by atoms with Crippen LogP contribution in [0.25, 0.3) is 0 Å². The number of hydrogen-bond acceptors (Lipinski definition) is 6. The van der Waals surface area contributed by atoms with Crippen molar-refractivity contribution in [3.8, 4) is 0 Å². The lowest BCUT2D eigenvalue weighted by atomic mass is 10.3. The fourth-order valence-electron chi connectivity index (χ4n) is 1.15. The van der Waals surface area contributed by atoms with E-state index in [1.54, 1.807) is 0 Å². The van der Waals surface area contributed by atoms with Crippen LogP contribution in [0.5, 0.6) is 0 Å². The molecule has 0 saturated carbocycles. The monoisotopic (exact) mass is 195 g/mol. The second kappa shape index (κ2) is 3.04. The maximum Gasteiger partial charge on any atom is 0.278 e. The Hall–Kier alpha value is -2.02. The number of aromatic amines is 1. The number of nitrogen functional groups attached to an aromatic ring is 1. The van der Waals surface area contributed by atoms with Crippen LogP contribution in [0.3, 0.4) is 0 Å². The van der Waals surface area contributed by atoms with Crippen LogP contribution in [-0.4, -0.2) is 21.7 Å². The molecular formula is C7H9N5O2. The van der Waals surface area contributed by atoms with E-state index in [1.807, 2.05) is 0 Å². The fourth-order valence-corrected chi connectivity index (χ4v) is 1.15. The number of hydrogen-bond donors (Lipinski definition) is 5. The minimum absolute atomic E-state index is 0.0453. The standard InChI is InChI=1S/C7H9N5O2/c8-7-11-5-4(6(14)12-7)10-3(2-13)1-9-5/h1,10,13H,2H2,(H4,8,9,11,12,14). The van der Waals surface area contributed by atoms with E-state index in [-0.39, 0.29) is 23.8 Å². The highest BCUT2D eigenvalue weighted by molar-refractivity contribution is 5.70. The maximum atomic E-state index is 11.4. The minimum atomic E-state index is -0.376. The number of aliphatic hydroxyl groups is 1. The van der Waals surface area contributed by atoms with Crippen LogP contribution in [0.2, 0.25) is 0 Å². The maximum absolute atomic E-state index is 11.4. The van der Waals surface area contributed by atoms with E-state index >= 15 is 0 Å². The van der Waals surface area contributed by atoms with E-state index in [4.69, 9.17) is 10.8 Å². The van der Waals surface area contributed by atoms with Crippen LogP contribution in [-0.2, 0) is 0 Å². The Bertz CT molecular complexity index is 450. The van der Waals surface area contributed by atoms with Crippen molar-refractivity contribution in [3.05, 3.63) is 22.3 Å². The molecule has 0 aromatic carbocycles. The molecule has 1 aromatic heterocycles. The van der Waals surface area contributed by atoms with Gasteiger partial charge in [0.25, 0.3) is 5.56 Å². The third-order valence-electron chi connectivity index (χ3n) is 1.78. The molecule has 1 aliphatic rings. The van der Waals surface area contributed by atoms with Crippen LogP contribution in [0, 0.1) is 0 Å². The summed E-state index contributed by atoms with van der Waals surface area (Å²) in [6.07, 6.45) is 1.52. The molecule has 7 nitrogen and oxygen atoms in total. The Morgan fingerprint density at radius 2 is 2.36 bits per heavy atom. The molecule has 1 aliphatic heterocycles. The Morgan fingerprint density at radius 3 is 3.07 bits per heavy atom. The highest BCUT2D eigenvalue weighted by Crippen LogP contribution is 2.20. The zero-order valence-electron chi connectivity index (χ0n) is 7.16. The van der Waals surface area contributed by atoms with E-state index in [1.165, 1.54) is 6.20 Å². The molecule has 74 valence electrons. The van der Waals surface area contributed by atoms with Crippen LogP contribution >= 0.6 is 0 Å². The van der Waals surface area contributed by atoms with Crippen molar-refractivity contribution in [2.24, 2.45) is 0 Å². The van der Waals surface area contributed by atoms with E-state index < -0.39 is 0 Å². The third-order valence-corrected chi connectivity index (χ3v) is 1.78. The average Bonchev–Trinajstić information content (AvgIpc) is 2.17. The zero-order chi connectivity index (χ0) is 10.1. The highest BCUT2D eigenvalue weighted by Gasteiger charge is 2.14. The number of anilines is 3. The van der Waals surface area contributed by atoms with Crippen LogP contribution in [0.4, 0.5) is 17.5 Å². The molecule has 0 aliphatic carbocycles. The number of aliphatic hydroxyl groups excluding tert-OH is 1. The van der Waals surface area contributed by atoms with Crippen molar-refractivity contribution >= 4 is 17.5 Å². The first-order valence-electron chi connectivity index (χ1n) is 3.94. The SMILES string of the molecule is Nc1nc2c(c(=O)[nH]1)NC(CO)=CN2. The lowest BCUT2D eigenvalue weighted by molar-refractivity contribution is 0.332. The second-order valence-corrected chi connectivity index (χ2v) is 2.77. The molecular weight excluding hydrogens is 186 g/mol. The summed E-state index contributed by atoms with van der Waals surface area (Å²) in [5, 5.41) is 14.3. The van der Waals surface area contributed by atoms with E-state index in [0.29, 0.717) is 11.5 Å². The molecule has 0 fully saturated rings. The van der Waals surface area contributed by atoms with Gasteiger partial charge in [0.05, 0.1) is 12.3 Å². The third kappa shape index (κ3) is 1.29. The first-order chi connectivity index (χ1) is 6.70. The normalized spacial score (nSPS) is 13.6. The van der Waals surface area contributed by atoms with E-state index in [9.17, 15) is 4.79 Å². The summed E-state index contributed by atoms with van der Waals surface area (Å²) in [4.78, 5) is 17.6. The summed E-state index contributed by atoms with van der Waals surface area (Å²) in [5.74, 6) is 0.396.